The lowest BCUT2D eigenvalue weighted by Crippen LogP contribution is -2.44. The molecule has 1 aliphatic rings. The van der Waals surface area contributed by atoms with Crippen LogP contribution < -0.4 is 9.62 Å². The number of carbonyl (C=O) groups is 1. The van der Waals surface area contributed by atoms with E-state index in [1.165, 1.54) is 24.6 Å². The fourth-order valence-corrected chi connectivity index (χ4v) is 3.90. The van der Waals surface area contributed by atoms with Crippen LogP contribution in [-0.2, 0) is 14.8 Å². The number of amides is 1. The lowest BCUT2D eigenvalue weighted by atomic mass is 9.97. The number of hydrogen-bond donors (Lipinski definition) is 1. The van der Waals surface area contributed by atoms with Gasteiger partial charge in [-0.3, -0.25) is 9.10 Å². The number of benzene rings is 1. The van der Waals surface area contributed by atoms with Gasteiger partial charge in [-0.1, -0.05) is 44.2 Å². The number of para-hydroxylation sites is 1. The van der Waals surface area contributed by atoms with Gasteiger partial charge in [0.2, 0.25) is 15.9 Å². The number of anilines is 1. The van der Waals surface area contributed by atoms with E-state index < -0.39 is 28.3 Å². The Morgan fingerprint density at radius 2 is 1.75 bits per heavy atom. The molecule has 0 radical (unpaired) electrons. The quantitative estimate of drug-likeness (QED) is 0.882. The molecule has 134 valence electrons. The van der Waals surface area contributed by atoms with Crippen LogP contribution in [0.1, 0.15) is 44.9 Å². The molecule has 0 spiro atoms. The smallest absolute Gasteiger partial charge is 0.240 e. The molecule has 1 fully saturated rings. The molecule has 2 rings (SSSR count). The van der Waals surface area contributed by atoms with Crippen molar-refractivity contribution in [1.29, 1.82) is 0 Å². The van der Waals surface area contributed by atoms with Crippen molar-refractivity contribution in [1.82, 2.24) is 5.32 Å². The highest BCUT2D eigenvalue weighted by Gasteiger charge is 2.24. The van der Waals surface area contributed by atoms with Gasteiger partial charge in [0, 0.05) is 6.04 Å². The molecule has 7 heteroatoms. The second-order valence-electron chi connectivity index (χ2n) is 6.33. The van der Waals surface area contributed by atoms with Gasteiger partial charge < -0.3 is 5.32 Å². The molecule has 1 saturated carbocycles. The van der Waals surface area contributed by atoms with Crippen molar-refractivity contribution in [3.05, 3.63) is 30.1 Å². The third-order valence-corrected chi connectivity index (χ3v) is 5.41. The van der Waals surface area contributed by atoms with E-state index in [2.05, 4.69) is 5.32 Å². The monoisotopic (exact) mass is 356 g/mol. The van der Waals surface area contributed by atoms with Gasteiger partial charge in [-0.2, -0.15) is 0 Å². The molecule has 1 N–H and O–H groups in total. The van der Waals surface area contributed by atoms with Crippen LogP contribution in [0.4, 0.5) is 10.1 Å². The van der Waals surface area contributed by atoms with Crippen molar-refractivity contribution >= 4 is 21.6 Å². The van der Waals surface area contributed by atoms with Crippen molar-refractivity contribution in [3.8, 4) is 0 Å². The van der Waals surface area contributed by atoms with Crippen molar-refractivity contribution in [2.24, 2.45) is 0 Å². The van der Waals surface area contributed by atoms with Crippen LogP contribution in [-0.4, -0.2) is 33.2 Å². The largest absolute Gasteiger partial charge is 0.352 e. The van der Waals surface area contributed by atoms with Gasteiger partial charge in [-0.05, 0) is 25.0 Å². The Morgan fingerprint density at radius 3 is 2.33 bits per heavy atom. The molecule has 1 aromatic carbocycles. The summed E-state index contributed by atoms with van der Waals surface area (Å²) in [6.07, 6.45) is 8.48. The molecule has 0 saturated heterocycles. The summed E-state index contributed by atoms with van der Waals surface area (Å²) in [6.45, 7) is -0.406. The van der Waals surface area contributed by atoms with E-state index >= 15 is 0 Å². The highest BCUT2D eigenvalue weighted by atomic mass is 32.2. The van der Waals surface area contributed by atoms with E-state index in [9.17, 15) is 17.6 Å². The molecular formula is C17H25FN2O3S. The van der Waals surface area contributed by atoms with E-state index in [1.54, 1.807) is 6.07 Å². The third kappa shape index (κ3) is 5.47. The minimum Gasteiger partial charge on any atom is -0.352 e. The summed E-state index contributed by atoms with van der Waals surface area (Å²) in [4.78, 5) is 12.3. The predicted octanol–water partition coefficient (Wildman–Crippen LogP) is 2.82. The highest BCUT2D eigenvalue weighted by Crippen LogP contribution is 2.21. The zero-order valence-electron chi connectivity index (χ0n) is 14.0. The first-order valence-corrected chi connectivity index (χ1v) is 10.2. The summed E-state index contributed by atoms with van der Waals surface area (Å²) >= 11 is 0. The van der Waals surface area contributed by atoms with Crippen molar-refractivity contribution in [3.63, 3.8) is 0 Å². The maximum atomic E-state index is 13.9. The number of rotatable bonds is 5. The lowest BCUT2D eigenvalue weighted by molar-refractivity contribution is -0.120. The number of halogens is 1. The zero-order chi connectivity index (χ0) is 17.6. The van der Waals surface area contributed by atoms with E-state index in [4.69, 9.17) is 0 Å². The number of carbonyl (C=O) groups excluding carboxylic acids is 1. The SMILES string of the molecule is CS(=O)(=O)N(CC(=O)NC1CCCCCCC1)c1ccccc1F. The van der Waals surface area contributed by atoms with Gasteiger partial charge in [0.05, 0.1) is 11.9 Å². The standard InChI is InChI=1S/C17H25FN2O3S/c1-24(22,23)20(16-12-8-7-11-15(16)18)13-17(21)19-14-9-5-3-2-4-6-10-14/h7-8,11-12,14H,2-6,9-10,13H2,1H3,(H,19,21). The van der Waals surface area contributed by atoms with Gasteiger partial charge in [-0.25, -0.2) is 12.8 Å². The number of hydrogen-bond acceptors (Lipinski definition) is 3. The molecule has 0 bridgehead atoms. The highest BCUT2D eigenvalue weighted by molar-refractivity contribution is 7.92. The fraction of sp³-hybridized carbons (Fsp3) is 0.588. The summed E-state index contributed by atoms with van der Waals surface area (Å²) in [6, 6.07) is 5.64. The molecule has 5 nitrogen and oxygen atoms in total. The average molecular weight is 356 g/mol. The van der Waals surface area contributed by atoms with Crippen LogP contribution in [0.3, 0.4) is 0 Å². The third-order valence-electron chi connectivity index (χ3n) is 4.28. The van der Waals surface area contributed by atoms with Crippen LogP contribution in [0.5, 0.6) is 0 Å². The number of nitrogens with zero attached hydrogens (tertiary/aromatic N) is 1. The molecule has 1 aliphatic carbocycles. The van der Waals surface area contributed by atoms with Gasteiger partial charge in [0.15, 0.2) is 0 Å². The summed E-state index contributed by atoms with van der Waals surface area (Å²) < 4.78 is 38.7. The fourth-order valence-electron chi connectivity index (χ4n) is 3.04. The molecule has 0 unspecified atom stereocenters. The van der Waals surface area contributed by atoms with Crippen LogP contribution in [0.15, 0.2) is 24.3 Å². The summed E-state index contributed by atoms with van der Waals surface area (Å²) in [7, 11) is -3.76. The Bertz CT molecular complexity index is 656. The number of nitrogens with one attached hydrogen (secondary N) is 1. The van der Waals surface area contributed by atoms with E-state index in [1.807, 2.05) is 0 Å². The Labute approximate surface area is 143 Å². The Hall–Kier alpha value is -1.63. The molecule has 0 aromatic heterocycles. The minimum absolute atomic E-state index is 0.0693. The van der Waals surface area contributed by atoms with E-state index in [-0.39, 0.29) is 11.7 Å². The zero-order valence-corrected chi connectivity index (χ0v) is 14.8. The van der Waals surface area contributed by atoms with Crippen LogP contribution in [0.25, 0.3) is 0 Å². The maximum absolute atomic E-state index is 13.9. The first-order valence-electron chi connectivity index (χ1n) is 8.39. The van der Waals surface area contributed by atoms with Gasteiger partial charge in [0.1, 0.15) is 12.4 Å². The number of sulfonamides is 1. The second kappa shape index (κ2) is 8.46. The molecule has 0 atom stereocenters. The molecular weight excluding hydrogens is 331 g/mol. The van der Waals surface area contributed by atoms with E-state index in [0.717, 1.165) is 49.1 Å². The van der Waals surface area contributed by atoms with Gasteiger partial charge in [-0.15, -0.1) is 0 Å². The molecule has 1 amide bonds. The predicted molar refractivity (Wildman–Crippen MR) is 92.8 cm³/mol. The van der Waals surface area contributed by atoms with Crippen molar-refractivity contribution in [2.75, 3.05) is 17.1 Å². The van der Waals surface area contributed by atoms with E-state index in [0.29, 0.717) is 0 Å². The normalized spacial score (nSPS) is 16.9. The second-order valence-corrected chi connectivity index (χ2v) is 8.24. The summed E-state index contributed by atoms with van der Waals surface area (Å²) in [5, 5.41) is 2.91. The molecule has 0 aliphatic heterocycles. The van der Waals surface area contributed by atoms with Gasteiger partial charge in [0.25, 0.3) is 0 Å². The van der Waals surface area contributed by atoms with Crippen molar-refractivity contribution in [2.45, 2.75) is 51.0 Å². The van der Waals surface area contributed by atoms with Crippen LogP contribution >= 0.6 is 0 Å². The Balaban J connectivity index is 2.06. The maximum Gasteiger partial charge on any atom is 0.240 e. The average Bonchev–Trinajstić information content (AvgIpc) is 2.47. The summed E-state index contributed by atoms with van der Waals surface area (Å²) in [5.74, 6) is -1.06. The topological polar surface area (TPSA) is 66.5 Å². The first-order chi connectivity index (χ1) is 11.4. The Morgan fingerprint density at radius 1 is 1.17 bits per heavy atom. The molecule has 24 heavy (non-hydrogen) atoms. The van der Waals surface area contributed by atoms with Crippen molar-refractivity contribution < 1.29 is 17.6 Å². The minimum atomic E-state index is -3.76. The lowest BCUT2D eigenvalue weighted by Gasteiger charge is -2.25. The Kier molecular flexibility index (Phi) is 6.60. The van der Waals surface area contributed by atoms with Crippen LogP contribution in [0, 0.1) is 5.82 Å². The van der Waals surface area contributed by atoms with Gasteiger partial charge >= 0.3 is 0 Å². The summed E-state index contributed by atoms with van der Waals surface area (Å²) in [5.41, 5.74) is -0.104. The molecule has 1 aromatic rings. The molecule has 0 heterocycles. The first kappa shape index (κ1) is 18.7. The van der Waals surface area contributed by atoms with Crippen LogP contribution in [0.2, 0.25) is 0 Å².